The average molecular weight is 423 g/mol. The van der Waals surface area contributed by atoms with Gasteiger partial charge in [-0.15, -0.1) is 5.10 Å². The van der Waals surface area contributed by atoms with E-state index >= 15 is 0 Å². The third kappa shape index (κ3) is 4.82. The topological polar surface area (TPSA) is 69.9 Å². The van der Waals surface area contributed by atoms with Crippen molar-refractivity contribution in [3.05, 3.63) is 89.4 Å². The Labute approximate surface area is 176 Å². The minimum atomic E-state index is -0.0214. The van der Waals surface area contributed by atoms with E-state index in [4.69, 9.17) is 16.3 Å². The second kappa shape index (κ2) is 8.89. The molecule has 6 nitrogen and oxygen atoms in total. The number of ether oxygens (including phenoxy) is 1. The van der Waals surface area contributed by atoms with E-state index < -0.39 is 0 Å². The summed E-state index contributed by atoms with van der Waals surface area (Å²) in [6.07, 6.45) is 0. The predicted molar refractivity (Wildman–Crippen MR) is 112 cm³/mol. The Balaban J connectivity index is 1.39. The number of nitrogens with zero attached hydrogens (tertiary/aromatic N) is 4. The first-order chi connectivity index (χ1) is 14.2. The molecule has 0 aliphatic heterocycles. The summed E-state index contributed by atoms with van der Waals surface area (Å²) in [5.41, 5.74) is 1.38. The van der Waals surface area contributed by atoms with E-state index in [1.54, 1.807) is 41.1 Å². The molecular weight excluding hydrogens is 408 g/mol. The molecule has 0 aliphatic rings. The Morgan fingerprint density at radius 2 is 1.62 bits per heavy atom. The summed E-state index contributed by atoms with van der Waals surface area (Å²) in [4.78, 5) is 12.5. The van der Waals surface area contributed by atoms with Crippen LogP contribution in [0, 0.1) is 0 Å². The van der Waals surface area contributed by atoms with Gasteiger partial charge >= 0.3 is 0 Å². The number of hydrogen-bond donors (Lipinski definition) is 0. The normalized spacial score (nSPS) is 10.7. The molecule has 0 radical (unpaired) electrons. The monoisotopic (exact) mass is 422 g/mol. The van der Waals surface area contributed by atoms with Crippen molar-refractivity contribution in [2.75, 3.05) is 5.75 Å². The van der Waals surface area contributed by atoms with Crippen LogP contribution >= 0.6 is 23.4 Å². The van der Waals surface area contributed by atoms with E-state index in [2.05, 4.69) is 15.5 Å². The number of carbonyl (C=O) groups excluding carboxylic acids is 1. The Hall–Kier alpha value is -3.16. The van der Waals surface area contributed by atoms with Gasteiger partial charge in [-0.2, -0.15) is 4.68 Å². The molecule has 0 saturated heterocycles. The number of hydrogen-bond acceptors (Lipinski definition) is 6. The standard InChI is InChI=1S/C21H15ClN4O2S/c22-16-8-10-17(11-9-16)26-21(23-24-25-26)29-14-20(27)15-6-12-19(13-7-15)28-18-4-2-1-3-5-18/h1-13H,14H2. The second-order valence-corrected chi connectivity index (χ2v) is 7.38. The molecule has 144 valence electrons. The number of Topliss-reactive ketones (excluding diaryl/α,β-unsaturated/α-hetero) is 1. The van der Waals surface area contributed by atoms with E-state index in [1.165, 1.54) is 11.8 Å². The molecule has 0 unspecified atom stereocenters. The fourth-order valence-electron chi connectivity index (χ4n) is 2.56. The smallest absolute Gasteiger partial charge is 0.214 e. The van der Waals surface area contributed by atoms with Crippen LogP contribution in [0.3, 0.4) is 0 Å². The number of rotatable bonds is 7. The van der Waals surface area contributed by atoms with E-state index in [1.807, 2.05) is 42.5 Å². The predicted octanol–water partition coefficient (Wildman–Crippen LogP) is 5.08. The maximum Gasteiger partial charge on any atom is 0.214 e. The molecule has 0 fully saturated rings. The summed E-state index contributed by atoms with van der Waals surface area (Å²) in [5.74, 6) is 1.61. The second-order valence-electron chi connectivity index (χ2n) is 6.00. The molecule has 0 spiro atoms. The van der Waals surface area contributed by atoms with Gasteiger partial charge in [0, 0.05) is 10.6 Å². The highest BCUT2D eigenvalue weighted by Crippen LogP contribution is 2.23. The van der Waals surface area contributed by atoms with Crippen LogP contribution in [0.15, 0.2) is 84.0 Å². The van der Waals surface area contributed by atoms with Gasteiger partial charge in [-0.3, -0.25) is 4.79 Å². The average Bonchev–Trinajstić information content (AvgIpc) is 3.22. The van der Waals surface area contributed by atoms with E-state index in [0.717, 1.165) is 11.4 Å². The van der Waals surface area contributed by atoms with Crippen LogP contribution in [0.25, 0.3) is 5.69 Å². The number of thioether (sulfide) groups is 1. The number of aromatic nitrogens is 4. The summed E-state index contributed by atoms with van der Waals surface area (Å²) in [6.45, 7) is 0. The maximum atomic E-state index is 12.5. The first-order valence-electron chi connectivity index (χ1n) is 8.72. The first-order valence-corrected chi connectivity index (χ1v) is 10.1. The summed E-state index contributed by atoms with van der Waals surface area (Å²) in [6, 6.07) is 23.7. The number of halogens is 1. The van der Waals surface area contributed by atoms with Crippen LogP contribution in [0.4, 0.5) is 0 Å². The molecule has 0 bridgehead atoms. The molecule has 1 aromatic heterocycles. The van der Waals surface area contributed by atoms with Crippen LogP contribution in [-0.2, 0) is 0 Å². The van der Waals surface area contributed by atoms with Crippen molar-refractivity contribution in [3.63, 3.8) is 0 Å². The minimum Gasteiger partial charge on any atom is -0.457 e. The van der Waals surface area contributed by atoms with Gasteiger partial charge in [0.15, 0.2) is 5.78 Å². The molecule has 0 aliphatic carbocycles. The van der Waals surface area contributed by atoms with Gasteiger partial charge in [0.1, 0.15) is 11.5 Å². The summed E-state index contributed by atoms with van der Waals surface area (Å²) in [5, 5.41) is 12.9. The van der Waals surface area contributed by atoms with Crippen LogP contribution < -0.4 is 4.74 Å². The largest absolute Gasteiger partial charge is 0.457 e. The van der Waals surface area contributed by atoms with Gasteiger partial charge in [0.25, 0.3) is 0 Å². The Morgan fingerprint density at radius 3 is 2.34 bits per heavy atom. The lowest BCUT2D eigenvalue weighted by Crippen LogP contribution is -2.05. The number of carbonyl (C=O) groups is 1. The fraction of sp³-hybridized carbons (Fsp3) is 0.0476. The van der Waals surface area contributed by atoms with E-state index in [-0.39, 0.29) is 11.5 Å². The Morgan fingerprint density at radius 1 is 0.931 bits per heavy atom. The van der Waals surface area contributed by atoms with E-state index in [9.17, 15) is 4.79 Å². The zero-order valence-corrected chi connectivity index (χ0v) is 16.7. The van der Waals surface area contributed by atoms with Crippen LogP contribution in [0.1, 0.15) is 10.4 Å². The molecular formula is C21H15ClN4O2S. The molecule has 0 atom stereocenters. The van der Waals surface area contributed by atoms with Crippen LogP contribution in [0.2, 0.25) is 5.02 Å². The Kier molecular flexibility index (Phi) is 5.88. The van der Waals surface area contributed by atoms with Crippen LogP contribution in [0.5, 0.6) is 11.5 Å². The molecule has 29 heavy (non-hydrogen) atoms. The number of tetrazole rings is 1. The first kappa shape index (κ1) is 19.2. The van der Waals surface area contributed by atoms with Crippen LogP contribution in [-0.4, -0.2) is 31.7 Å². The van der Waals surface area contributed by atoms with Crippen molar-refractivity contribution in [1.82, 2.24) is 20.2 Å². The van der Waals surface area contributed by atoms with Gasteiger partial charge in [0.05, 0.1) is 11.4 Å². The molecule has 1 heterocycles. The summed E-state index contributed by atoms with van der Waals surface area (Å²) in [7, 11) is 0. The quantitative estimate of drug-likeness (QED) is 0.305. The maximum absolute atomic E-state index is 12.5. The van der Waals surface area contributed by atoms with Crippen molar-refractivity contribution in [2.24, 2.45) is 0 Å². The molecule has 0 amide bonds. The lowest BCUT2D eigenvalue weighted by atomic mass is 10.1. The lowest BCUT2D eigenvalue weighted by Gasteiger charge is -2.07. The summed E-state index contributed by atoms with van der Waals surface area (Å²) >= 11 is 7.20. The highest BCUT2D eigenvalue weighted by Gasteiger charge is 2.13. The minimum absolute atomic E-state index is 0.0214. The van der Waals surface area contributed by atoms with Crippen molar-refractivity contribution < 1.29 is 9.53 Å². The third-order valence-corrected chi connectivity index (χ3v) is 5.17. The zero-order chi connectivity index (χ0) is 20.1. The van der Waals surface area contributed by atoms with Gasteiger partial charge in [0.2, 0.25) is 5.16 Å². The molecule has 0 saturated carbocycles. The van der Waals surface area contributed by atoms with Crippen molar-refractivity contribution in [2.45, 2.75) is 5.16 Å². The van der Waals surface area contributed by atoms with Gasteiger partial charge in [-0.1, -0.05) is 41.6 Å². The van der Waals surface area contributed by atoms with Crippen molar-refractivity contribution in [3.8, 4) is 17.2 Å². The zero-order valence-electron chi connectivity index (χ0n) is 15.1. The SMILES string of the molecule is O=C(CSc1nnnn1-c1ccc(Cl)cc1)c1ccc(Oc2ccccc2)cc1. The van der Waals surface area contributed by atoms with Crippen molar-refractivity contribution in [1.29, 1.82) is 0 Å². The number of para-hydroxylation sites is 1. The molecule has 4 aromatic rings. The molecule has 3 aromatic carbocycles. The highest BCUT2D eigenvalue weighted by molar-refractivity contribution is 7.99. The third-order valence-electron chi connectivity index (χ3n) is 4.00. The molecule has 0 N–H and O–H groups in total. The van der Waals surface area contributed by atoms with Gasteiger partial charge in [-0.05, 0) is 71.1 Å². The molecule has 8 heteroatoms. The van der Waals surface area contributed by atoms with Crippen molar-refractivity contribution >= 4 is 29.1 Å². The Bertz CT molecular complexity index is 1100. The number of ketones is 1. The molecule has 4 rings (SSSR count). The lowest BCUT2D eigenvalue weighted by molar-refractivity contribution is 0.102. The summed E-state index contributed by atoms with van der Waals surface area (Å²) < 4.78 is 7.32. The van der Waals surface area contributed by atoms with Gasteiger partial charge < -0.3 is 4.74 Å². The fourth-order valence-corrected chi connectivity index (χ4v) is 3.47. The van der Waals surface area contributed by atoms with E-state index in [0.29, 0.717) is 21.5 Å². The highest BCUT2D eigenvalue weighted by atomic mass is 35.5. The number of benzene rings is 3. The van der Waals surface area contributed by atoms with Gasteiger partial charge in [-0.25, -0.2) is 0 Å².